The molecule has 7 heteroatoms. The summed E-state index contributed by atoms with van der Waals surface area (Å²) >= 11 is 1.48. The largest absolute Gasteiger partial charge is 0.393 e. The van der Waals surface area contributed by atoms with E-state index >= 15 is 0 Å². The van der Waals surface area contributed by atoms with E-state index in [0.29, 0.717) is 37.2 Å². The molecule has 0 aromatic carbocycles. The maximum Gasteiger partial charge on any atom is 0.265 e. The highest BCUT2D eigenvalue weighted by Crippen LogP contribution is 2.24. The number of hydrogen-bond donors (Lipinski definition) is 2. The fraction of sp³-hybridized carbons (Fsp3) is 0.750. The predicted molar refractivity (Wildman–Crippen MR) is 88.4 cm³/mol. The molecule has 0 saturated carbocycles. The van der Waals surface area contributed by atoms with E-state index in [2.05, 4.69) is 9.88 Å². The molecule has 2 aliphatic rings. The Labute approximate surface area is 140 Å². The van der Waals surface area contributed by atoms with E-state index in [0.717, 1.165) is 24.6 Å². The lowest BCUT2D eigenvalue weighted by atomic mass is 9.96. The summed E-state index contributed by atoms with van der Waals surface area (Å²) in [6.45, 7) is 3.94. The Morgan fingerprint density at radius 3 is 2.74 bits per heavy atom. The minimum absolute atomic E-state index is 0.00244. The lowest BCUT2D eigenvalue weighted by molar-refractivity contribution is -0.0250. The normalized spacial score (nSPS) is 26.4. The molecule has 0 radical (unpaired) electrons. The smallest absolute Gasteiger partial charge is 0.265 e. The van der Waals surface area contributed by atoms with Gasteiger partial charge in [0.25, 0.3) is 5.91 Å². The summed E-state index contributed by atoms with van der Waals surface area (Å²) in [6.07, 6.45) is 5.85. The molecule has 6 nitrogen and oxygen atoms in total. The highest BCUT2D eigenvalue weighted by molar-refractivity contribution is 7.13. The topological polar surface area (TPSA) is 76.9 Å². The number of aromatic nitrogens is 1. The standard InChI is InChI=1S/C16H25N3O3S/c20-12-16(22)4-3-8-19(9-5-16)15(21)13-10-17-14(23-13)11-18-6-1-2-7-18/h10,20,22H,1-9,11-12H2. The molecule has 23 heavy (non-hydrogen) atoms. The Balaban J connectivity index is 1.60. The van der Waals surface area contributed by atoms with Crippen LogP contribution in [0.5, 0.6) is 0 Å². The van der Waals surface area contributed by atoms with Gasteiger partial charge in [0, 0.05) is 13.1 Å². The van der Waals surface area contributed by atoms with Crippen molar-refractivity contribution in [3.05, 3.63) is 16.1 Å². The quantitative estimate of drug-likeness (QED) is 0.859. The second-order valence-electron chi connectivity index (χ2n) is 6.63. The van der Waals surface area contributed by atoms with Gasteiger partial charge < -0.3 is 15.1 Å². The monoisotopic (exact) mass is 339 g/mol. The second-order valence-corrected chi connectivity index (χ2v) is 7.74. The van der Waals surface area contributed by atoms with Gasteiger partial charge in [0.1, 0.15) is 9.88 Å². The summed E-state index contributed by atoms with van der Waals surface area (Å²) in [7, 11) is 0. The van der Waals surface area contributed by atoms with Crippen LogP contribution in [0, 0.1) is 0 Å². The number of aliphatic hydroxyl groups excluding tert-OH is 1. The van der Waals surface area contributed by atoms with Gasteiger partial charge in [-0.25, -0.2) is 4.98 Å². The van der Waals surface area contributed by atoms with Crippen molar-refractivity contribution in [3.8, 4) is 0 Å². The number of carbonyl (C=O) groups excluding carboxylic acids is 1. The molecule has 1 amide bonds. The van der Waals surface area contributed by atoms with Crippen LogP contribution in [-0.2, 0) is 6.54 Å². The second kappa shape index (κ2) is 7.25. The van der Waals surface area contributed by atoms with Gasteiger partial charge >= 0.3 is 0 Å². The molecule has 1 aromatic heterocycles. The zero-order valence-corrected chi connectivity index (χ0v) is 14.2. The molecule has 2 saturated heterocycles. The molecular formula is C16H25N3O3S. The Kier molecular flexibility index (Phi) is 5.31. The third kappa shape index (κ3) is 4.09. The van der Waals surface area contributed by atoms with Crippen LogP contribution in [-0.4, -0.2) is 69.3 Å². The molecule has 0 aliphatic carbocycles. The molecule has 1 aromatic rings. The average Bonchev–Trinajstić information content (AvgIpc) is 3.18. The van der Waals surface area contributed by atoms with E-state index < -0.39 is 5.60 Å². The summed E-state index contributed by atoms with van der Waals surface area (Å²) < 4.78 is 0. The third-order valence-corrected chi connectivity index (χ3v) is 5.79. The van der Waals surface area contributed by atoms with E-state index in [1.807, 2.05) is 0 Å². The Bertz CT molecular complexity index is 544. The van der Waals surface area contributed by atoms with E-state index in [1.165, 1.54) is 24.2 Å². The Hall–Kier alpha value is -1.02. The number of nitrogens with zero attached hydrogens (tertiary/aromatic N) is 3. The summed E-state index contributed by atoms with van der Waals surface area (Å²) in [4.78, 5) is 21.9. The van der Waals surface area contributed by atoms with Gasteiger partial charge in [-0.1, -0.05) is 0 Å². The van der Waals surface area contributed by atoms with Crippen molar-refractivity contribution in [2.75, 3.05) is 32.8 Å². The molecule has 128 valence electrons. The third-order valence-electron chi connectivity index (χ3n) is 4.82. The van der Waals surface area contributed by atoms with Gasteiger partial charge in [0.2, 0.25) is 0 Å². The molecule has 3 heterocycles. The van der Waals surface area contributed by atoms with Crippen molar-refractivity contribution in [2.45, 2.75) is 44.2 Å². The first-order valence-corrected chi connectivity index (χ1v) is 9.21. The van der Waals surface area contributed by atoms with Crippen molar-refractivity contribution in [3.63, 3.8) is 0 Å². The molecule has 1 atom stereocenters. The first-order chi connectivity index (χ1) is 11.1. The summed E-state index contributed by atoms with van der Waals surface area (Å²) in [5, 5.41) is 20.5. The number of amides is 1. The van der Waals surface area contributed by atoms with Gasteiger partial charge in [0.05, 0.1) is 24.9 Å². The SMILES string of the molecule is O=C(c1cnc(CN2CCCC2)s1)N1CCCC(O)(CO)CC1. The lowest BCUT2D eigenvalue weighted by Gasteiger charge is -2.24. The van der Waals surface area contributed by atoms with Crippen molar-refractivity contribution in [1.29, 1.82) is 0 Å². The maximum atomic E-state index is 12.6. The van der Waals surface area contributed by atoms with Crippen molar-refractivity contribution >= 4 is 17.2 Å². The minimum Gasteiger partial charge on any atom is -0.393 e. The highest BCUT2D eigenvalue weighted by atomic mass is 32.1. The predicted octanol–water partition coefficient (Wildman–Crippen LogP) is 1.09. The minimum atomic E-state index is -1.04. The molecule has 1 unspecified atom stereocenters. The molecule has 0 spiro atoms. The Morgan fingerprint density at radius 2 is 2.00 bits per heavy atom. The molecule has 2 aliphatic heterocycles. The first-order valence-electron chi connectivity index (χ1n) is 8.39. The highest BCUT2D eigenvalue weighted by Gasteiger charge is 2.31. The van der Waals surface area contributed by atoms with E-state index in [1.54, 1.807) is 11.1 Å². The van der Waals surface area contributed by atoms with Gasteiger partial charge in [0.15, 0.2) is 0 Å². The van der Waals surface area contributed by atoms with Crippen LogP contribution >= 0.6 is 11.3 Å². The number of carbonyl (C=O) groups is 1. The van der Waals surface area contributed by atoms with Crippen LogP contribution in [0.2, 0.25) is 0 Å². The van der Waals surface area contributed by atoms with E-state index in [-0.39, 0.29) is 12.5 Å². The number of thiazole rings is 1. The average molecular weight is 339 g/mol. The van der Waals surface area contributed by atoms with Gasteiger partial charge in [-0.3, -0.25) is 9.69 Å². The zero-order valence-electron chi connectivity index (χ0n) is 13.4. The number of rotatable bonds is 4. The van der Waals surface area contributed by atoms with Crippen molar-refractivity contribution in [2.24, 2.45) is 0 Å². The van der Waals surface area contributed by atoms with E-state index in [4.69, 9.17) is 0 Å². The summed E-state index contributed by atoms with van der Waals surface area (Å²) in [5.41, 5.74) is -1.04. The molecular weight excluding hydrogens is 314 g/mol. The first kappa shape index (κ1) is 16.8. The van der Waals surface area contributed by atoms with Gasteiger partial charge in [-0.05, 0) is 45.2 Å². The molecule has 2 N–H and O–H groups in total. The maximum absolute atomic E-state index is 12.6. The zero-order chi connectivity index (χ0) is 16.3. The molecule has 0 bridgehead atoms. The number of likely N-dealkylation sites (tertiary alicyclic amines) is 2. The van der Waals surface area contributed by atoms with Crippen LogP contribution in [0.4, 0.5) is 0 Å². The van der Waals surface area contributed by atoms with Gasteiger partial charge in [-0.15, -0.1) is 11.3 Å². The fourth-order valence-corrected chi connectivity index (χ4v) is 4.24. The molecule has 3 rings (SSSR count). The van der Waals surface area contributed by atoms with Crippen molar-refractivity contribution < 1.29 is 15.0 Å². The van der Waals surface area contributed by atoms with Gasteiger partial charge in [-0.2, -0.15) is 0 Å². The summed E-state index contributed by atoms with van der Waals surface area (Å²) in [5.74, 6) is -0.00244. The Morgan fingerprint density at radius 1 is 1.22 bits per heavy atom. The van der Waals surface area contributed by atoms with Crippen LogP contribution in [0.3, 0.4) is 0 Å². The van der Waals surface area contributed by atoms with Crippen LogP contribution in [0.15, 0.2) is 6.20 Å². The lowest BCUT2D eigenvalue weighted by Crippen LogP contribution is -2.36. The van der Waals surface area contributed by atoms with Crippen LogP contribution < -0.4 is 0 Å². The number of aliphatic hydroxyl groups is 2. The molecule has 2 fully saturated rings. The van der Waals surface area contributed by atoms with Crippen molar-refractivity contribution in [1.82, 2.24) is 14.8 Å². The summed E-state index contributed by atoms with van der Waals surface area (Å²) in [6, 6.07) is 0. The number of hydrogen-bond acceptors (Lipinski definition) is 6. The fourth-order valence-electron chi connectivity index (χ4n) is 3.31. The van der Waals surface area contributed by atoms with Crippen LogP contribution in [0.1, 0.15) is 46.8 Å². The van der Waals surface area contributed by atoms with Crippen LogP contribution in [0.25, 0.3) is 0 Å². The van der Waals surface area contributed by atoms with E-state index in [9.17, 15) is 15.0 Å².